The summed E-state index contributed by atoms with van der Waals surface area (Å²) in [6, 6.07) is 11.2. The molecule has 3 rings (SSSR count). The molecule has 2 aromatic heterocycles. The summed E-state index contributed by atoms with van der Waals surface area (Å²) >= 11 is 6.23. The molecule has 3 aromatic rings. The number of carbonyl (C=O) groups is 2. The number of aliphatic carboxylic acids is 1. The number of hydrogen-bond acceptors (Lipinski definition) is 4. The van der Waals surface area contributed by atoms with E-state index in [9.17, 15) is 9.59 Å². The Morgan fingerprint density at radius 2 is 1.97 bits per heavy atom. The molecule has 7 heteroatoms. The van der Waals surface area contributed by atoms with Crippen molar-refractivity contribution >= 4 is 34.3 Å². The van der Waals surface area contributed by atoms with Gasteiger partial charge in [0.2, 0.25) is 5.88 Å². The van der Waals surface area contributed by atoms with Crippen LogP contribution < -0.4 is 4.74 Å². The van der Waals surface area contributed by atoms with E-state index in [2.05, 4.69) is 9.55 Å². The summed E-state index contributed by atoms with van der Waals surface area (Å²) in [5.74, 6) is -0.521. The van der Waals surface area contributed by atoms with Crippen LogP contribution in [0.2, 0.25) is 5.02 Å². The summed E-state index contributed by atoms with van der Waals surface area (Å²) in [5, 5.41) is 10.5. The number of aryl methyl sites for hydroxylation is 1. The highest BCUT2D eigenvalue weighted by molar-refractivity contribution is 6.31. The number of pyridine rings is 1. The number of ketones is 1. The molecular formula is C25H29ClN2O4. The molecule has 0 aliphatic heterocycles. The summed E-state index contributed by atoms with van der Waals surface area (Å²) in [7, 11) is 1.97. The number of carboxylic acids is 1. The van der Waals surface area contributed by atoms with E-state index < -0.39 is 5.97 Å². The lowest BCUT2D eigenvalue weighted by Crippen LogP contribution is -2.12. The van der Waals surface area contributed by atoms with E-state index in [1.165, 1.54) is 0 Å². The Balaban J connectivity index is 1.69. The normalized spacial score (nSPS) is 12.1. The highest BCUT2D eigenvalue weighted by Gasteiger charge is 2.23. The van der Waals surface area contributed by atoms with Gasteiger partial charge in [0, 0.05) is 59.3 Å². The first-order valence-corrected chi connectivity index (χ1v) is 11.3. The van der Waals surface area contributed by atoms with Crippen molar-refractivity contribution in [3.8, 4) is 5.88 Å². The van der Waals surface area contributed by atoms with Crippen LogP contribution in [0.4, 0.5) is 0 Å². The Morgan fingerprint density at radius 3 is 2.69 bits per heavy atom. The van der Waals surface area contributed by atoms with Gasteiger partial charge in [0.1, 0.15) is 0 Å². The van der Waals surface area contributed by atoms with Crippen LogP contribution in [0.3, 0.4) is 0 Å². The lowest BCUT2D eigenvalue weighted by Gasteiger charge is -2.11. The molecule has 0 aliphatic rings. The molecule has 2 heterocycles. The summed E-state index contributed by atoms with van der Waals surface area (Å²) in [4.78, 5) is 28.4. The third-order valence-electron chi connectivity index (χ3n) is 5.56. The van der Waals surface area contributed by atoms with Crippen molar-refractivity contribution < 1.29 is 19.4 Å². The predicted octanol–water partition coefficient (Wildman–Crippen LogP) is 5.70. The number of halogens is 1. The number of rotatable bonds is 12. The number of fused-ring (bicyclic) bond motifs is 1. The number of aromatic nitrogens is 2. The molecule has 0 saturated carbocycles. The minimum atomic E-state index is -0.889. The Kier molecular flexibility index (Phi) is 8.28. The maximum Gasteiger partial charge on any atom is 0.303 e. The van der Waals surface area contributed by atoms with Gasteiger partial charge in [-0.2, -0.15) is 0 Å². The minimum absolute atomic E-state index is 0.0249. The van der Waals surface area contributed by atoms with E-state index in [1.54, 1.807) is 13.1 Å². The zero-order valence-electron chi connectivity index (χ0n) is 18.5. The van der Waals surface area contributed by atoms with E-state index in [-0.39, 0.29) is 24.5 Å². The molecule has 6 nitrogen and oxygen atoms in total. The number of nitrogens with zero attached hydrogens (tertiary/aromatic N) is 2. The largest absolute Gasteiger partial charge is 0.481 e. The first-order valence-electron chi connectivity index (χ1n) is 10.9. The van der Waals surface area contributed by atoms with Crippen molar-refractivity contribution in [1.82, 2.24) is 9.55 Å². The highest BCUT2D eigenvalue weighted by atomic mass is 35.5. The first-order chi connectivity index (χ1) is 15.4. The zero-order valence-corrected chi connectivity index (χ0v) is 19.3. The van der Waals surface area contributed by atoms with Crippen LogP contribution in [0, 0.1) is 5.92 Å². The second-order valence-electron chi connectivity index (χ2n) is 8.20. The predicted molar refractivity (Wildman–Crippen MR) is 126 cm³/mol. The molecule has 0 spiro atoms. The van der Waals surface area contributed by atoms with Crippen LogP contribution in [0.25, 0.3) is 10.9 Å². The fourth-order valence-corrected chi connectivity index (χ4v) is 4.21. The molecule has 0 radical (unpaired) electrons. The Hall–Kier alpha value is -2.86. The monoisotopic (exact) mass is 456 g/mol. The second kappa shape index (κ2) is 11.1. The second-order valence-corrected chi connectivity index (χ2v) is 8.64. The molecular weight excluding hydrogens is 428 g/mol. The topological polar surface area (TPSA) is 81.4 Å². The molecule has 0 amide bonds. The molecule has 1 aromatic carbocycles. The van der Waals surface area contributed by atoms with Gasteiger partial charge in [0.15, 0.2) is 5.78 Å². The van der Waals surface area contributed by atoms with Crippen molar-refractivity contribution in [3.05, 3.63) is 58.9 Å². The van der Waals surface area contributed by atoms with Gasteiger partial charge in [-0.25, -0.2) is 4.98 Å². The molecule has 170 valence electrons. The molecule has 0 bridgehead atoms. The lowest BCUT2D eigenvalue weighted by molar-refractivity contribution is -0.137. The van der Waals surface area contributed by atoms with Gasteiger partial charge < -0.3 is 14.4 Å². The minimum Gasteiger partial charge on any atom is -0.481 e. The summed E-state index contributed by atoms with van der Waals surface area (Å²) < 4.78 is 7.71. The van der Waals surface area contributed by atoms with Gasteiger partial charge in [0.25, 0.3) is 0 Å². The number of hydrogen-bond donors (Lipinski definition) is 1. The van der Waals surface area contributed by atoms with Crippen LogP contribution >= 0.6 is 11.6 Å². The number of unbranched alkanes of at least 4 members (excludes halogenated alkanes) is 2. The Bertz CT molecular complexity index is 1080. The standard InChI is InChI=1S/C25H29ClN2O4/c1-17(15-24(30)31)14-22(29)25-19-16-18(26)10-11-20(19)28(2)21(25)8-4-3-7-13-32-23-9-5-6-12-27-23/h5-6,9-12,16-17H,3-4,7-8,13-15H2,1-2H3,(H,30,31)/t17-/m0/s1. The van der Waals surface area contributed by atoms with Crippen molar-refractivity contribution in [1.29, 1.82) is 0 Å². The van der Waals surface area contributed by atoms with Crippen LogP contribution in [-0.4, -0.2) is 33.0 Å². The summed E-state index contributed by atoms with van der Waals surface area (Å²) in [6.07, 6.45) is 5.39. The van der Waals surface area contributed by atoms with E-state index in [1.807, 2.05) is 43.4 Å². The Morgan fingerprint density at radius 1 is 1.16 bits per heavy atom. The third-order valence-corrected chi connectivity index (χ3v) is 5.80. The van der Waals surface area contributed by atoms with E-state index in [0.717, 1.165) is 42.3 Å². The van der Waals surface area contributed by atoms with Crippen molar-refractivity contribution in [2.75, 3.05) is 6.61 Å². The van der Waals surface area contributed by atoms with Crippen LogP contribution in [-0.2, 0) is 18.3 Å². The molecule has 1 atom stereocenters. The third kappa shape index (κ3) is 6.10. The van der Waals surface area contributed by atoms with Crippen LogP contribution in [0.5, 0.6) is 5.88 Å². The Labute approximate surface area is 193 Å². The first kappa shape index (κ1) is 23.8. The van der Waals surface area contributed by atoms with E-state index in [0.29, 0.717) is 23.1 Å². The maximum atomic E-state index is 13.2. The number of ether oxygens (including phenoxy) is 1. The number of carbonyl (C=O) groups excluding carboxylic acids is 1. The van der Waals surface area contributed by atoms with Crippen molar-refractivity contribution in [2.45, 2.75) is 45.4 Å². The quantitative estimate of drug-likeness (QED) is 0.279. The fraction of sp³-hybridized carbons (Fsp3) is 0.400. The van der Waals surface area contributed by atoms with Gasteiger partial charge in [-0.15, -0.1) is 0 Å². The fourth-order valence-electron chi connectivity index (χ4n) is 4.04. The number of carboxylic acid groups (broad SMARTS) is 1. The average Bonchev–Trinajstić information content (AvgIpc) is 3.01. The maximum absolute atomic E-state index is 13.2. The van der Waals surface area contributed by atoms with Crippen LogP contribution in [0.1, 0.15) is 55.1 Å². The van der Waals surface area contributed by atoms with Gasteiger partial charge in [0.05, 0.1) is 6.61 Å². The van der Waals surface area contributed by atoms with Gasteiger partial charge in [-0.3, -0.25) is 9.59 Å². The highest BCUT2D eigenvalue weighted by Crippen LogP contribution is 2.31. The lowest BCUT2D eigenvalue weighted by atomic mass is 9.94. The zero-order chi connectivity index (χ0) is 23.1. The average molecular weight is 457 g/mol. The van der Waals surface area contributed by atoms with Crippen LogP contribution in [0.15, 0.2) is 42.6 Å². The molecule has 0 saturated heterocycles. The van der Waals surface area contributed by atoms with Gasteiger partial charge >= 0.3 is 5.97 Å². The number of Topliss-reactive ketones (excluding diaryl/α,β-unsaturated/α-hetero) is 1. The molecule has 1 N–H and O–H groups in total. The SMILES string of the molecule is C[C@H](CC(=O)O)CC(=O)c1c(CCCCCOc2ccccn2)n(C)c2ccc(Cl)cc12. The summed E-state index contributed by atoms with van der Waals surface area (Å²) in [6.45, 7) is 2.39. The molecule has 0 fully saturated rings. The van der Waals surface area contributed by atoms with E-state index in [4.69, 9.17) is 21.4 Å². The molecule has 0 aliphatic carbocycles. The van der Waals surface area contributed by atoms with Gasteiger partial charge in [-0.05, 0) is 55.9 Å². The smallest absolute Gasteiger partial charge is 0.303 e. The van der Waals surface area contributed by atoms with E-state index >= 15 is 0 Å². The molecule has 0 unspecified atom stereocenters. The van der Waals surface area contributed by atoms with Crippen molar-refractivity contribution in [3.63, 3.8) is 0 Å². The van der Waals surface area contributed by atoms with Gasteiger partial charge in [-0.1, -0.05) is 24.6 Å². The number of benzene rings is 1. The summed E-state index contributed by atoms with van der Waals surface area (Å²) in [5.41, 5.74) is 2.60. The molecule has 32 heavy (non-hydrogen) atoms. The van der Waals surface area contributed by atoms with Crippen molar-refractivity contribution in [2.24, 2.45) is 13.0 Å².